The monoisotopic (exact) mass is 391 g/mol. The first kappa shape index (κ1) is 17.8. The van der Waals surface area contributed by atoms with Crippen LogP contribution in [0.4, 0.5) is 5.82 Å². The van der Waals surface area contributed by atoms with E-state index in [1.807, 2.05) is 41.1 Å². The van der Waals surface area contributed by atoms with Gasteiger partial charge in [0.2, 0.25) is 0 Å². The molecule has 0 spiro atoms. The van der Waals surface area contributed by atoms with Gasteiger partial charge in [0, 0.05) is 35.2 Å². The van der Waals surface area contributed by atoms with Crippen LogP contribution in [0.1, 0.15) is 12.5 Å². The lowest BCUT2D eigenvalue weighted by Gasteiger charge is -2.19. The first-order chi connectivity index (χ1) is 14.1. The first-order valence-corrected chi connectivity index (χ1v) is 9.52. The zero-order valence-electron chi connectivity index (χ0n) is 15.6. The van der Waals surface area contributed by atoms with Gasteiger partial charge in [-0.3, -0.25) is 0 Å². The predicted octanol–water partition coefficient (Wildman–Crippen LogP) is 1.92. The van der Waals surface area contributed by atoms with E-state index in [9.17, 15) is 10.2 Å². The smallest absolute Gasteiger partial charge is 0.143 e. The lowest BCUT2D eigenvalue weighted by atomic mass is 10.1. The van der Waals surface area contributed by atoms with Crippen molar-refractivity contribution in [2.45, 2.75) is 24.7 Å². The molecule has 4 N–H and O–H groups in total. The van der Waals surface area contributed by atoms with E-state index in [2.05, 4.69) is 15.0 Å². The number of nitrogens with two attached hydrogens (primary N) is 1. The van der Waals surface area contributed by atoms with Crippen molar-refractivity contribution in [3.8, 4) is 5.75 Å². The van der Waals surface area contributed by atoms with Crippen LogP contribution in [0.3, 0.4) is 0 Å². The molecular weight excluding hydrogens is 370 g/mol. The van der Waals surface area contributed by atoms with E-state index in [0.29, 0.717) is 18.0 Å². The Labute approximate surface area is 166 Å². The summed E-state index contributed by atoms with van der Waals surface area (Å²) >= 11 is 0. The summed E-state index contributed by atoms with van der Waals surface area (Å²) in [5.41, 5.74) is 7.26. The van der Waals surface area contributed by atoms with Gasteiger partial charge < -0.3 is 25.3 Å². The zero-order chi connectivity index (χ0) is 20.0. The van der Waals surface area contributed by atoms with Gasteiger partial charge in [-0.1, -0.05) is 0 Å². The Morgan fingerprint density at radius 3 is 2.86 bits per heavy atom. The fraction of sp³-hybridized carbons (Fsp3) is 0.286. The van der Waals surface area contributed by atoms with Gasteiger partial charge in [-0.05, 0) is 36.8 Å². The molecule has 8 heteroatoms. The molecule has 1 aliphatic carbocycles. The number of nitrogen functional groups attached to an aromatic ring is 1. The number of hydrogen-bond donors (Lipinski definition) is 3. The Hall–Kier alpha value is -3.23. The van der Waals surface area contributed by atoms with Crippen LogP contribution in [0, 0.1) is 5.92 Å². The number of aliphatic hydroxyl groups is 2. The highest BCUT2D eigenvalue weighted by Crippen LogP contribution is 2.37. The number of ether oxygens (including phenoxy) is 1. The van der Waals surface area contributed by atoms with Gasteiger partial charge >= 0.3 is 0 Å². The Morgan fingerprint density at radius 1 is 1.10 bits per heavy atom. The second-order valence-electron chi connectivity index (χ2n) is 7.47. The van der Waals surface area contributed by atoms with E-state index in [1.54, 1.807) is 12.3 Å². The molecule has 0 bridgehead atoms. The fourth-order valence-corrected chi connectivity index (χ4v) is 4.11. The molecular formula is C21H21N5O3. The molecule has 1 fully saturated rings. The first-order valence-electron chi connectivity index (χ1n) is 9.52. The molecule has 0 unspecified atom stereocenters. The molecule has 148 valence electrons. The summed E-state index contributed by atoms with van der Waals surface area (Å²) in [6, 6.07) is 10.9. The largest absolute Gasteiger partial charge is 0.493 e. The molecule has 4 aromatic rings. The number of hydrogen-bond acceptors (Lipinski definition) is 7. The Kier molecular flexibility index (Phi) is 4.30. The third-order valence-electron chi connectivity index (χ3n) is 5.66. The highest BCUT2D eigenvalue weighted by atomic mass is 16.5. The number of anilines is 1. The van der Waals surface area contributed by atoms with E-state index in [0.717, 1.165) is 21.9 Å². The van der Waals surface area contributed by atoms with Crippen LogP contribution < -0.4 is 10.5 Å². The number of pyridine rings is 1. The van der Waals surface area contributed by atoms with E-state index < -0.39 is 12.2 Å². The number of aliphatic hydroxyl groups excluding tert-OH is 2. The topological polar surface area (TPSA) is 119 Å². The molecule has 1 saturated carbocycles. The van der Waals surface area contributed by atoms with Gasteiger partial charge in [0.15, 0.2) is 0 Å². The second kappa shape index (κ2) is 6.98. The van der Waals surface area contributed by atoms with Crippen LogP contribution in [-0.2, 0) is 0 Å². The summed E-state index contributed by atoms with van der Waals surface area (Å²) in [6.45, 7) is 0.288. The van der Waals surface area contributed by atoms with Crippen LogP contribution in [0.15, 0.2) is 55.1 Å². The average molecular weight is 391 g/mol. The molecule has 5 rings (SSSR count). The van der Waals surface area contributed by atoms with Gasteiger partial charge in [0.1, 0.15) is 29.6 Å². The molecule has 0 radical (unpaired) electrons. The van der Waals surface area contributed by atoms with Crippen LogP contribution in [0.2, 0.25) is 0 Å². The van der Waals surface area contributed by atoms with Crippen molar-refractivity contribution in [1.29, 1.82) is 0 Å². The molecule has 0 saturated heterocycles. The minimum atomic E-state index is -0.896. The minimum absolute atomic E-state index is 0.209. The third-order valence-corrected chi connectivity index (χ3v) is 5.66. The molecule has 1 aliphatic rings. The molecule has 1 aromatic carbocycles. The molecule has 29 heavy (non-hydrogen) atoms. The highest BCUT2D eigenvalue weighted by Gasteiger charge is 2.43. The maximum atomic E-state index is 10.6. The summed E-state index contributed by atoms with van der Waals surface area (Å²) in [5, 5.41) is 23.1. The second-order valence-corrected chi connectivity index (χ2v) is 7.47. The van der Waals surface area contributed by atoms with E-state index in [4.69, 9.17) is 10.5 Å². The summed E-state index contributed by atoms with van der Waals surface area (Å²) in [4.78, 5) is 12.6. The van der Waals surface area contributed by atoms with Crippen molar-refractivity contribution in [3.63, 3.8) is 0 Å². The minimum Gasteiger partial charge on any atom is -0.493 e. The van der Waals surface area contributed by atoms with Crippen molar-refractivity contribution in [2.75, 3.05) is 12.3 Å². The SMILES string of the molecule is Nc1ccc2ccc(OC[C@H]3C[C@@H](n4ccc5cncnc54)[C@H](O)[C@@H]3O)cc2n1. The molecule has 3 heterocycles. The van der Waals surface area contributed by atoms with Gasteiger partial charge in [-0.2, -0.15) is 0 Å². The zero-order valence-corrected chi connectivity index (χ0v) is 15.6. The summed E-state index contributed by atoms with van der Waals surface area (Å²) in [7, 11) is 0. The van der Waals surface area contributed by atoms with Crippen molar-refractivity contribution in [3.05, 3.63) is 55.1 Å². The van der Waals surface area contributed by atoms with Crippen LogP contribution >= 0.6 is 0 Å². The Balaban J connectivity index is 1.33. The Bertz CT molecular complexity index is 1180. The number of aromatic nitrogens is 4. The highest BCUT2D eigenvalue weighted by molar-refractivity contribution is 5.81. The van der Waals surface area contributed by atoms with Gasteiger partial charge in [0.25, 0.3) is 0 Å². The lowest BCUT2D eigenvalue weighted by Crippen LogP contribution is -2.31. The summed E-state index contributed by atoms with van der Waals surface area (Å²) in [6.07, 6.45) is 3.90. The molecule has 4 atom stereocenters. The number of benzene rings is 1. The summed E-state index contributed by atoms with van der Waals surface area (Å²) < 4.78 is 7.83. The van der Waals surface area contributed by atoms with E-state index in [-0.39, 0.29) is 18.6 Å². The standard InChI is InChI=1S/C21H21N5O3/c22-18-4-2-12-1-3-15(8-16(12)25-18)29-10-14-7-17(20(28)19(14)27)26-6-5-13-9-23-11-24-21(13)26/h1-6,8-9,11,14,17,19-20,27-28H,7,10H2,(H2,22,25)/t14-,17-,19-,20+/m1/s1. The number of rotatable bonds is 4. The van der Waals surface area contributed by atoms with Gasteiger partial charge in [-0.25, -0.2) is 15.0 Å². The van der Waals surface area contributed by atoms with Crippen molar-refractivity contribution >= 4 is 27.8 Å². The molecule has 3 aromatic heterocycles. The molecule has 0 aliphatic heterocycles. The van der Waals surface area contributed by atoms with Crippen molar-refractivity contribution < 1.29 is 14.9 Å². The third kappa shape index (κ3) is 3.16. The summed E-state index contributed by atoms with van der Waals surface area (Å²) in [5.74, 6) is 0.897. The van der Waals surface area contributed by atoms with Crippen LogP contribution in [0.5, 0.6) is 5.75 Å². The maximum Gasteiger partial charge on any atom is 0.143 e. The van der Waals surface area contributed by atoms with Crippen LogP contribution in [-0.4, -0.2) is 48.5 Å². The van der Waals surface area contributed by atoms with Crippen LogP contribution in [0.25, 0.3) is 21.9 Å². The Morgan fingerprint density at radius 2 is 1.97 bits per heavy atom. The maximum absolute atomic E-state index is 10.6. The van der Waals surface area contributed by atoms with Gasteiger partial charge in [-0.15, -0.1) is 0 Å². The van der Waals surface area contributed by atoms with Gasteiger partial charge in [0.05, 0.1) is 24.3 Å². The van der Waals surface area contributed by atoms with E-state index in [1.165, 1.54) is 6.33 Å². The number of nitrogens with zero attached hydrogens (tertiary/aromatic N) is 4. The quantitative estimate of drug-likeness (QED) is 0.486. The van der Waals surface area contributed by atoms with Crippen molar-refractivity contribution in [2.24, 2.45) is 5.92 Å². The normalized spacial score (nSPS) is 24.3. The predicted molar refractivity (Wildman–Crippen MR) is 108 cm³/mol. The molecule has 8 nitrogen and oxygen atoms in total. The van der Waals surface area contributed by atoms with E-state index >= 15 is 0 Å². The number of fused-ring (bicyclic) bond motifs is 2. The lowest BCUT2D eigenvalue weighted by molar-refractivity contribution is -0.00141. The molecule has 0 amide bonds. The fourth-order valence-electron chi connectivity index (χ4n) is 4.11. The van der Waals surface area contributed by atoms with Crippen molar-refractivity contribution in [1.82, 2.24) is 19.5 Å². The average Bonchev–Trinajstić information content (AvgIpc) is 3.28.